The zero-order chi connectivity index (χ0) is 15.6. The first-order chi connectivity index (χ1) is 9.85. The van der Waals surface area contributed by atoms with Crippen molar-refractivity contribution in [3.05, 3.63) is 46.0 Å². The van der Waals surface area contributed by atoms with Gasteiger partial charge in [0.05, 0.1) is 0 Å². The van der Waals surface area contributed by atoms with E-state index in [4.69, 9.17) is 28.3 Å². The molecule has 0 aromatic heterocycles. The van der Waals surface area contributed by atoms with E-state index in [-0.39, 0.29) is 6.42 Å². The van der Waals surface area contributed by atoms with Crippen LogP contribution in [0, 0.1) is 0 Å². The monoisotopic (exact) mass is 430 g/mol. The summed E-state index contributed by atoms with van der Waals surface area (Å²) < 4.78 is 0.228. The van der Waals surface area contributed by atoms with Gasteiger partial charge in [-0.2, -0.15) is 0 Å². The van der Waals surface area contributed by atoms with Crippen LogP contribution in [0.25, 0.3) is 0 Å². The molecule has 1 aromatic carbocycles. The molecule has 1 unspecified atom stereocenters. The molecule has 0 bridgehead atoms. The second-order valence-electron chi connectivity index (χ2n) is 5.20. The fourth-order valence-corrected chi connectivity index (χ4v) is 13.0. The van der Waals surface area contributed by atoms with Gasteiger partial charge in [-0.3, -0.25) is 0 Å². The number of carboxylic acid groups (broad SMARTS) is 2. The first kappa shape index (κ1) is 16.7. The van der Waals surface area contributed by atoms with Crippen LogP contribution in [0.4, 0.5) is 0 Å². The summed E-state index contributed by atoms with van der Waals surface area (Å²) in [5.41, 5.74) is 0.935. The minimum absolute atomic E-state index is 0.332. The molecule has 2 N–H and O–H groups in total. The average Bonchev–Trinajstić information content (AvgIpc) is 2.77. The third-order valence-corrected chi connectivity index (χ3v) is 15.8. The predicted octanol–water partition coefficient (Wildman–Crippen LogP) is 3.44. The molecule has 0 saturated carbocycles. The summed E-state index contributed by atoms with van der Waals surface area (Å²) in [6, 6.07) is 5.26. The molecule has 21 heavy (non-hydrogen) atoms. The SMILES string of the molecule is O=C(O)C[C]1(C(=O)O)C=C[CH2][In]1[CH2]c1ccc(Cl)c(Cl)c1. The second kappa shape index (κ2) is 6.63. The second-order valence-corrected chi connectivity index (χ2v) is 15.4. The van der Waals surface area contributed by atoms with Crippen molar-refractivity contribution in [2.24, 2.45) is 0 Å². The Balaban J connectivity index is 2.27. The number of carbonyl (C=O) groups is 2. The molecule has 0 aliphatic carbocycles. The van der Waals surface area contributed by atoms with Crippen LogP contribution in [-0.2, 0) is 13.8 Å². The summed E-state index contributed by atoms with van der Waals surface area (Å²) >= 11 is 9.14. The van der Waals surface area contributed by atoms with Gasteiger partial charge in [-0.25, -0.2) is 0 Å². The summed E-state index contributed by atoms with van der Waals surface area (Å²) in [7, 11) is 0. The number of allylic oxidation sites excluding steroid dienone is 1. The van der Waals surface area contributed by atoms with E-state index in [1.807, 2.05) is 12.1 Å². The molecule has 4 nitrogen and oxygen atoms in total. The van der Waals surface area contributed by atoms with E-state index in [2.05, 4.69) is 0 Å². The molecule has 0 saturated heterocycles. The average molecular weight is 431 g/mol. The van der Waals surface area contributed by atoms with Gasteiger partial charge in [-0.1, -0.05) is 0 Å². The first-order valence-corrected chi connectivity index (χ1v) is 13.5. The van der Waals surface area contributed by atoms with Crippen molar-refractivity contribution in [2.45, 2.75) is 17.9 Å². The fraction of sp³-hybridized carbons (Fsp3) is 0.286. The molecule has 0 spiro atoms. The van der Waals surface area contributed by atoms with Crippen molar-refractivity contribution in [2.75, 3.05) is 0 Å². The number of carboxylic acids is 2. The van der Waals surface area contributed by atoms with Crippen molar-refractivity contribution >= 4 is 56.6 Å². The van der Waals surface area contributed by atoms with E-state index in [1.165, 1.54) is 0 Å². The number of benzene rings is 1. The molecule has 7 heteroatoms. The Morgan fingerprint density at radius 1 is 1.24 bits per heavy atom. The van der Waals surface area contributed by atoms with E-state index in [0.29, 0.717) is 14.2 Å². The molecule has 1 aliphatic rings. The van der Waals surface area contributed by atoms with E-state index in [1.54, 1.807) is 18.2 Å². The Morgan fingerprint density at radius 3 is 2.52 bits per heavy atom. The zero-order valence-electron chi connectivity index (χ0n) is 11.1. The van der Waals surface area contributed by atoms with Gasteiger partial charge in [0.1, 0.15) is 0 Å². The molecule has 0 amide bonds. The number of aliphatic carboxylic acids is 2. The number of hydrogen-bond acceptors (Lipinski definition) is 2. The van der Waals surface area contributed by atoms with Gasteiger partial charge in [-0.05, 0) is 0 Å². The van der Waals surface area contributed by atoms with E-state index < -0.39 is 36.5 Å². The van der Waals surface area contributed by atoms with Crippen molar-refractivity contribution in [1.29, 1.82) is 0 Å². The fourth-order valence-electron chi connectivity index (χ4n) is 2.78. The van der Waals surface area contributed by atoms with Crippen LogP contribution in [0.15, 0.2) is 30.4 Å². The number of rotatable bonds is 5. The molecule has 1 aliphatic heterocycles. The molecule has 0 radical (unpaired) electrons. The number of hydrogen-bond donors (Lipinski definition) is 2. The summed E-state index contributed by atoms with van der Waals surface area (Å²) in [6.45, 7) is 0. The van der Waals surface area contributed by atoms with Gasteiger partial charge in [0.15, 0.2) is 0 Å². The summed E-state index contributed by atoms with van der Waals surface area (Å²) in [4.78, 5) is 22.7. The van der Waals surface area contributed by atoms with Crippen LogP contribution >= 0.6 is 23.2 Å². The normalized spacial score (nSPS) is 20.8. The minimum atomic E-state index is -2.71. The molecular formula is C14H13Cl2InO4. The topological polar surface area (TPSA) is 74.6 Å². The Hall–Kier alpha value is -0.650. The van der Waals surface area contributed by atoms with Gasteiger partial charge in [-0.15, -0.1) is 0 Å². The van der Waals surface area contributed by atoms with Gasteiger partial charge in [0.25, 0.3) is 0 Å². The Kier molecular flexibility index (Phi) is 5.28. The van der Waals surface area contributed by atoms with Crippen LogP contribution in [0.5, 0.6) is 0 Å². The van der Waals surface area contributed by atoms with Crippen LogP contribution < -0.4 is 0 Å². The summed E-state index contributed by atoms with van der Waals surface area (Å²) in [6.07, 6.45) is 3.10. The molecule has 1 atom stereocenters. The van der Waals surface area contributed by atoms with Crippen molar-refractivity contribution in [1.82, 2.24) is 0 Å². The Morgan fingerprint density at radius 2 is 1.95 bits per heavy atom. The predicted molar refractivity (Wildman–Crippen MR) is 82.4 cm³/mol. The van der Waals surface area contributed by atoms with Crippen LogP contribution in [0.1, 0.15) is 12.0 Å². The van der Waals surface area contributed by atoms with Crippen molar-refractivity contribution < 1.29 is 19.8 Å². The summed E-state index contributed by atoms with van der Waals surface area (Å²) in [5, 5.41) is 19.5. The third kappa shape index (κ3) is 3.58. The van der Waals surface area contributed by atoms with Gasteiger partial charge < -0.3 is 0 Å². The van der Waals surface area contributed by atoms with Crippen LogP contribution in [-0.4, -0.2) is 43.6 Å². The van der Waals surface area contributed by atoms with Gasteiger partial charge in [0.2, 0.25) is 0 Å². The van der Waals surface area contributed by atoms with Crippen LogP contribution in [0.3, 0.4) is 0 Å². The third-order valence-electron chi connectivity index (χ3n) is 3.87. The molecular weight excluding hydrogens is 418 g/mol. The van der Waals surface area contributed by atoms with Gasteiger partial charge in [0, 0.05) is 0 Å². The Labute approximate surface area is 139 Å². The van der Waals surface area contributed by atoms with Crippen molar-refractivity contribution in [3.63, 3.8) is 0 Å². The first-order valence-electron chi connectivity index (χ1n) is 6.42. The maximum absolute atomic E-state index is 11.7. The van der Waals surface area contributed by atoms with E-state index in [9.17, 15) is 14.7 Å². The van der Waals surface area contributed by atoms with Crippen LogP contribution in [0.2, 0.25) is 17.4 Å². The van der Waals surface area contributed by atoms with Crippen molar-refractivity contribution in [3.8, 4) is 0 Å². The molecule has 1 aromatic rings. The summed E-state index contributed by atoms with van der Waals surface area (Å²) in [5.74, 6) is -2.08. The molecule has 0 fully saturated rings. The maximum atomic E-state index is 11.7. The molecule has 110 valence electrons. The zero-order valence-corrected chi connectivity index (χ0v) is 15.9. The van der Waals surface area contributed by atoms with E-state index >= 15 is 0 Å². The number of halogens is 2. The molecule has 1 heterocycles. The van der Waals surface area contributed by atoms with E-state index in [0.717, 1.165) is 9.74 Å². The Bertz CT molecular complexity index is 617. The standard InChI is InChI=1S/C7H5Cl2.C7H8O4.In/c1-5-2-3-6(8)7(9)4-5;1-2-3-5(7(10)11)4-6(8)9;/h2-4H,1H2;2-3H,1,4H2,(H,8,9)(H,10,11);. The van der Waals surface area contributed by atoms with Gasteiger partial charge >= 0.3 is 140 Å². The quantitative estimate of drug-likeness (QED) is 0.702. The molecule has 2 rings (SSSR count).